The molecule has 3 fully saturated rings. The van der Waals surface area contributed by atoms with Gasteiger partial charge in [-0.3, -0.25) is 9.80 Å². The van der Waals surface area contributed by atoms with Gasteiger partial charge in [0.15, 0.2) is 0 Å². The lowest BCUT2D eigenvalue weighted by molar-refractivity contribution is 0.0114. The summed E-state index contributed by atoms with van der Waals surface area (Å²) in [6.45, 7) is 17.3. The summed E-state index contributed by atoms with van der Waals surface area (Å²) in [7, 11) is 0. The number of ether oxygens (including phenoxy) is 2. The van der Waals surface area contributed by atoms with Gasteiger partial charge < -0.3 is 24.6 Å². The van der Waals surface area contributed by atoms with E-state index in [1.807, 2.05) is 0 Å². The zero-order valence-electron chi connectivity index (χ0n) is 19.8. The highest BCUT2D eigenvalue weighted by molar-refractivity contribution is 5.45. The molecule has 3 aliphatic heterocycles. The van der Waals surface area contributed by atoms with Crippen LogP contribution in [0, 0.1) is 0 Å². The third-order valence-electron chi connectivity index (χ3n) is 6.78. The molecule has 10 heteroatoms. The summed E-state index contributed by atoms with van der Waals surface area (Å²) in [5.41, 5.74) is 0. The molecule has 1 aromatic heterocycles. The molecule has 0 bridgehead atoms. The zero-order chi connectivity index (χ0) is 22.2. The summed E-state index contributed by atoms with van der Waals surface area (Å²) >= 11 is 0. The monoisotopic (exact) mass is 448 g/mol. The first kappa shape index (κ1) is 23.4. The van der Waals surface area contributed by atoms with Gasteiger partial charge in [-0.15, -0.1) is 0 Å². The van der Waals surface area contributed by atoms with E-state index in [2.05, 4.69) is 38.8 Å². The van der Waals surface area contributed by atoms with Crippen LogP contribution in [0.5, 0.6) is 0 Å². The number of rotatable bonds is 9. The van der Waals surface area contributed by atoms with Crippen LogP contribution in [0.4, 0.5) is 17.8 Å². The van der Waals surface area contributed by atoms with Gasteiger partial charge in [0.05, 0.1) is 26.4 Å². The average molecular weight is 449 g/mol. The van der Waals surface area contributed by atoms with Gasteiger partial charge in [-0.05, 0) is 26.7 Å². The largest absolute Gasteiger partial charge is 0.379 e. The maximum Gasteiger partial charge on any atom is 0.231 e. The maximum absolute atomic E-state index is 5.52. The van der Waals surface area contributed by atoms with E-state index in [-0.39, 0.29) is 0 Å². The number of aromatic nitrogens is 3. The number of nitrogens with zero attached hydrogens (tertiary/aromatic N) is 7. The van der Waals surface area contributed by atoms with Crippen LogP contribution >= 0.6 is 0 Å². The smallest absolute Gasteiger partial charge is 0.231 e. The van der Waals surface area contributed by atoms with Gasteiger partial charge in [-0.1, -0.05) is 0 Å². The minimum absolute atomic E-state index is 0.644. The topological polar surface area (TPSA) is 82.1 Å². The van der Waals surface area contributed by atoms with Crippen LogP contribution < -0.4 is 15.1 Å². The van der Waals surface area contributed by atoms with Crippen LogP contribution in [0.15, 0.2) is 0 Å². The van der Waals surface area contributed by atoms with Crippen LogP contribution in [0.1, 0.15) is 26.7 Å². The van der Waals surface area contributed by atoms with Crippen molar-refractivity contribution in [2.24, 2.45) is 0 Å². The molecule has 0 aliphatic carbocycles. The molecule has 10 nitrogen and oxygen atoms in total. The van der Waals surface area contributed by atoms with Crippen molar-refractivity contribution in [3.8, 4) is 0 Å². The van der Waals surface area contributed by atoms with E-state index >= 15 is 0 Å². The molecule has 1 aromatic rings. The molecule has 0 spiro atoms. The fourth-order valence-electron chi connectivity index (χ4n) is 4.75. The molecule has 3 aliphatic rings. The van der Waals surface area contributed by atoms with Crippen molar-refractivity contribution < 1.29 is 9.47 Å². The van der Waals surface area contributed by atoms with Crippen molar-refractivity contribution in [2.45, 2.75) is 32.7 Å². The van der Waals surface area contributed by atoms with Crippen LogP contribution in [0.25, 0.3) is 0 Å². The van der Waals surface area contributed by atoms with Crippen molar-refractivity contribution >= 4 is 17.8 Å². The second-order valence-corrected chi connectivity index (χ2v) is 8.68. The van der Waals surface area contributed by atoms with Gasteiger partial charge in [0.25, 0.3) is 0 Å². The Balaban J connectivity index is 1.39. The van der Waals surface area contributed by atoms with Crippen molar-refractivity contribution in [1.29, 1.82) is 0 Å². The second-order valence-electron chi connectivity index (χ2n) is 8.68. The highest BCUT2D eigenvalue weighted by Crippen LogP contribution is 2.23. The molecule has 1 N–H and O–H groups in total. The van der Waals surface area contributed by atoms with Crippen LogP contribution in [-0.2, 0) is 9.47 Å². The summed E-state index contributed by atoms with van der Waals surface area (Å²) in [5.74, 6) is 2.25. The van der Waals surface area contributed by atoms with Crippen molar-refractivity contribution in [1.82, 2.24) is 24.8 Å². The predicted octanol–water partition coefficient (Wildman–Crippen LogP) is 0.763. The lowest BCUT2D eigenvalue weighted by atomic mass is 10.0. The van der Waals surface area contributed by atoms with E-state index in [0.29, 0.717) is 12.0 Å². The van der Waals surface area contributed by atoms with E-state index in [0.717, 1.165) is 117 Å². The Bertz CT molecular complexity index is 685. The van der Waals surface area contributed by atoms with Gasteiger partial charge in [-0.2, -0.15) is 15.0 Å². The van der Waals surface area contributed by atoms with Crippen LogP contribution in [0.2, 0.25) is 0 Å². The number of anilines is 3. The number of piperidine rings is 1. The summed E-state index contributed by atoms with van der Waals surface area (Å²) < 4.78 is 11.0. The predicted molar refractivity (Wildman–Crippen MR) is 127 cm³/mol. The van der Waals surface area contributed by atoms with Gasteiger partial charge in [0.2, 0.25) is 17.8 Å². The Morgan fingerprint density at radius 3 is 2.19 bits per heavy atom. The van der Waals surface area contributed by atoms with Gasteiger partial charge in [0, 0.05) is 71.5 Å². The lowest BCUT2D eigenvalue weighted by Crippen LogP contribution is -2.49. The molecular formula is C22H40N8O2. The Labute approximate surface area is 192 Å². The van der Waals surface area contributed by atoms with Crippen molar-refractivity contribution in [3.63, 3.8) is 0 Å². The molecule has 180 valence electrons. The van der Waals surface area contributed by atoms with Gasteiger partial charge >= 0.3 is 0 Å². The third-order valence-corrected chi connectivity index (χ3v) is 6.78. The van der Waals surface area contributed by atoms with Crippen molar-refractivity contribution in [3.05, 3.63) is 0 Å². The summed E-state index contributed by atoms with van der Waals surface area (Å²) in [4.78, 5) is 24.0. The first-order valence-electron chi connectivity index (χ1n) is 12.4. The molecule has 0 amide bonds. The third kappa shape index (κ3) is 6.18. The van der Waals surface area contributed by atoms with Crippen LogP contribution in [-0.4, -0.2) is 123 Å². The normalized spacial score (nSPS) is 21.6. The second kappa shape index (κ2) is 11.9. The average Bonchev–Trinajstić information content (AvgIpc) is 2.86. The number of morpholine rings is 2. The van der Waals surface area contributed by atoms with Gasteiger partial charge in [-0.25, -0.2) is 0 Å². The number of hydrogen-bond donors (Lipinski definition) is 1. The minimum atomic E-state index is 0.644. The molecule has 0 radical (unpaired) electrons. The van der Waals surface area contributed by atoms with Gasteiger partial charge in [0.1, 0.15) is 0 Å². The molecule has 4 rings (SSSR count). The molecule has 0 saturated carbocycles. The molecule has 3 saturated heterocycles. The molecule has 0 aromatic carbocycles. The standard InChI is InChI=1S/C22H40N8O2/c1-3-28(4-2)21-24-20(23-7-10-27-11-15-31-16-12-27)25-22(26-21)30-8-5-19(6-9-30)29-13-17-32-18-14-29/h19H,3-18H2,1-2H3,(H,23,24,25,26). The van der Waals surface area contributed by atoms with E-state index < -0.39 is 0 Å². The van der Waals surface area contributed by atoms with Crippen LogP contribution in [0.3, 0.4) is 0 Å². The lowest BCUT2D eigenvalue weighted by Gasteiger charge is -2.40. The van der Waals surface area contributed by atoms with E-state index in [4.69, 9.17) is 24.4 Å². The van der Waals surface area contributed by atoms with E-state index in [1.165, 1.54) is 0 Å². The molecular weight excluding hydrogens is 408 g/mol. The Kier molecular flexibility index (Phi) is 8.72. The fourth-order valence-corrected chi connectivity index (χ4v) is 4.75. The number of nitrogens with one attached hydrogen (secondary N) is 1. The summed E-state index contributed by atoms with van der Waals surface area (Å²) in [6, 6.07) is 0.644. The minimum Gasteiger partial charge on any atom is -0.379 e. The Hall–Kier alpha value is -1.75. The molecule has 0 atom stereocenters. The first-order valence-corrected chi connectivity index (χ1v) is 12.4. The Morgan fingerprint density at radius 1 is 0.875 bits per heavy atom. The zero-order valence-corrected chi connectivity index (χ0v) is 19.8. The molecule has 32 heavy (non-hydrogen) atoms. The molecule has 0 unspecified atom stereocenters. The molecule has 4 heterocycles. The highest BCUT2D eigenvalue weighted by atomic mass is 16.5. The first-order chi connectivity index (χ1) is 15.8. The van der Waals surface area contributed by atoms with Crippen molar-refractivity contribution in [2.75, 3.05) is 107 Å². The Morgan fingerprint density at radius 2 is 1.53 bits per heavy atom. The van der Waals surface area contributed by atoms with E-state index in [9.17, 15) is 0 Å². The fraction of sp³-hybridized carbons (Fsp3) is 0.864. The van der Waals surface area contributed by atoms with E-state index in [1.54, 1.807) is 0 Å². The number of hydrogen-bond acceptors (Lipinski definition) is 10. The summed E-state index contributed by atoms with van der Waals surface area (Å²) in [6.07, 6.45) is 2.29. The quantitative estimate of drug-likeness (QED) is 0.585. The highest BCUT2D eigenvalue weighted by Gasteiger charge is 2.27. The summed E-state index contributed by atoms with van der Waals surface area (Å²) in [5, 5.41) is 3.46. The maximum atomic E-state index is 5.52. The SMILES string of the molecule is CCN(CC)c1nc(NCCN2CCOCC2)nc(N2CCC(N3CCOCC3)CC2)n1.